The molecule has 0 amide bonds. The van der Waals surface area contributed by atoms with Gasteiger partial charge in [-0.2, -0.15) is 0 Å². The minimum atomic E-state index is 0.350. The first-order chi connectivity index (χ1) is 8.86. The first-order valence-corrected chi connectivity index (χ1v) is 6.62. The minimum absolute atomic E-state index is 0.350. The van der Waals surface area contributed by atoms with E-state index in [4.69, 9.17) is 0 Å². The van der Waals surface area contributed by atoms with Crippen LogP contribution < -0.4 is 0 Å². The van der Waals surface area contributed by atoms with Crippen LogP contribution in [0.4, 0.5) is 0 Å². The summed E-state index contributed by atoms with van der Waals surface area (Å²) in [5, 5.41) is 0. The van der Waals surface area contributed by atoms with Gasteiger partial charge in [-0.15, -0.1) is 0 Å². The monoisotopic (exact) mass is 234 g/mol. The van der Waals surface area contributed by atoms with Gasteiger partial charge in [0.25, 0.3) is 0 Å². The lowest BCUT2D eigenvalue weighted by Crippen LogP contribution is -2.28. The van der Waals surface area contributed by atoms with Gasteiger partial charge in [0, 0.05) is 0 Å². The van der Waals surface area contributed by atoms with E-state index in [1.165, 1.54) is 17.5 Å². The first-order valence-electron chi connectivity index (χ1n) is 6.62. The maximum Gasteiger partial charge on any atom is -0.000313 e. The summed E-state index contributed by atoms with van der Waals surface area (Å²) in [4.78, 5) is 0. The highest BCUT2D eigenvalue weighted by Crippen LogP contribution is 2.40. The summed E-state index contributed by atoms with van der Waals surface area (Å²) in [6, 6.07) is 21.6. The molecule has 2 aromatic rings. The summed E-state index contributed by atoms with van der Waals surface area (Å²) in [5.74, 6) is 0. The van der Waals surface area contributed by atoms with Crippen molar-refractivity contribution in [3.05, 3.63) is 83.9 Å². The zero-order valence-corrected chi connectivity index (χ0v) is 10.5. The highest BCUT2D eigenvalue weighted by Gasteiger charge is 2.31. The predicted molar refractivity (Wildman–Crippen MR) is 76.5 cm³/mol. The van der Waals surface area contributed by atoms with Gasteiger partial charge in [-0.25, -0.2) is 0 Å². The Bertz CT molecular complexity index is 481. The van der Waals surface area contributed by atoms with E-state index in [1.807, 2.05) is 0 Å². The molecule has 2 aromatic carbocycles. The van der Waals surface area contributed by atoms with E-state index in [1.54, 1.807) is 0 Å². The van der Waals surface area contributed by atoms with E-state index in [0.717, 1.165) is 12.8 Å². The molecule has 1 aliphatic carbocycles. The molecule has 90 valence electrons. The van der Waals surface area contributed by atoms with Crippen LogP contribution in [0.1, 0.15) is 17.5 Å². The van der Waals surface area contributed by atoms with Crippen molar-refractivity contribution in [1.82, 2.24) is 0 Å². The van der Waals surface area contributed by atoms with Gasteiger partial charge in [-0.1, -0.05) is 72.8 Å². The highest BCUT2D eigenvalue weighted by atomic mass is 14.4. The van der Waals surface area contributed by atoms with E-state index >= 15 is 0 Å². The summed E-state index contributed by atoms with van der Waals surface area (Å²) >= 11 is 0. The van der Waals surface area contributed by atoms with Crippen molar-refractivity contribution in [2.75, 3.05) is 0 Å². The van der Waals surface area contributed by atoms with Crippen molar-refractivity contribution in [3.63, 3.8) is 0 Å². The molecule has 0 heterocycles. The van der Waals surface area contributed by atoms with Crippen molar-refractivity contribution in [3.8, 4) is 0 Å². The van der Waals surface area contributed by atoms with Crippen molar-refractivity contribution in [2.24, 2.45) is 5.41 Å². The molecule has 0 nitrogen and oxygen atoms in total. The summed E-state index contributed by atoms with van der Waals surface area (Å²) in [7, 11) is 0. The zero-order valence-electron chi connectivity index (χ0n) is 10.5. The lowest BCUT2D eigenvalue weighted by Gasteiger charge is -2.36. The van der Waals surface area contributed by atoms with Crippen LogP contribution in [0.15, 0.2) is 72.8 Å². The van der Waals surface area contributed by atoms with Crippen molar-refractivity contribution in [2.45, 2.75) is 19.3 Å². The van der Waals surface area contributed by atoms with E-state index in [0.29, 0.717) is 5.41 Å². The quantitative estimate of drug-likeness (QED) is 0.687. The fraction of sp³-hybridized carbons (Fsp3) is 0.222. The molecule has 0 aromatic heterocycles. The fourth-order valence-electron chi connectivity index (χ4n) is 2.78. The standard InChI is InChI=1S/C18H18/c1-3-8-16(9-4-1)14-18(12-7-13-18)15-17-10-5-2-6-11-17/h1-12H,13-15H2. The smallest absolute Gasteiger partial charge is 0.000313 e. The average molecular weight is 234 g/mol. The van der Waals surface area contributed by atoms with Gasteiger partial charge in [-0.05, 0) is 35.8 Å². The highest BCUT2D eigenvalue weighted by molar-refractivity contribution is 5.27. The molecule has 0 heteroatoms. The summed E-state index contributed by atoms with van der Waals surface area (Å²) < 4.78 is 0. The molecular weight excluding hydrogens is 216 g/mol. The van der Waals surface area contributed by atoms with Gasteiger partial charge in [0.05, 0.1) is 0 Å². The average Bonchev–Trinajstić information content (AvgIpc) is 2.39. The van der Waals surface area contributed by atoms with Crippen LogP contribution in [0.3, 0.4) is 0 Å². The molecule has 0 N–H and O–H groups in total. The lowest BCUT2D eigenvalue weighted by atomic mass is 9.68. The minimum Gasteiger partial charge on any atom is -0.0871 e. The van der Waals surface area contributed by atoms with Crippen LogP contribution in [0.2, 0.25) is 0 Å². The Hall–Kier alpha value is -1.82. The number of hydrogen-bond donors (Lipinski definition) is 0. The van der Waals surface area contributed by atoms with Gasteiger partial charge < -0.3 is 0 Å². The second-order valence-electron chi connectivity index (χ2n) is 5.29. The number of rotatable bonds is 4. The Morgan fingerprint density at radius 3 is 1.50 bits per heavy atom. The Labute approximate surface area is 109 Å². The number of hydrogen-bond acceptors (Lipinski definition) is 0. The van der Waals surface area contributed by atoms with Crippen LogP contribution in [0.5, 0.6) is 0 Å². The van der Waals surface area contributed by atoms with Crippen LogP contribution in [0, 0.1) is 5.41 Å². The second-order valence-corrected chi connectivity index (χ2v) is 5.29. The van der Waals surface area contributed by atoms with Gasteiger partial charge in [0.1, 0.15) is 0 Å². The molecule has 0 bridgehead atoms. The summed E-state index contributed by atoms with van der Waals surface area (Å²) in [6.07, 6.45) is 8.20. The third kappa shape index (κ3) is 2.38. The van der Waals surface area contributed by atoms with Crippen molar-refractivity contribution >= 4 is 0 Å². The third-order valence-electron chi connectivity index (χ3n) is 3.79. The zero-order chi connectivity index (χ0) is 12.3. The maximum atomic E-state index is 2.40. The molecule has 0 radical (unpaired) electrons. The maximum absolute atomic E-state index is 2.40. The Kier molecular flexibility index (Phi) is 3.02. The fourth-order valence-corrected chi connectivity index (χ4v) is 2.78. The Balaban J connectivity index is 1.77. The molecule has 0 atom stereocenters. The van der Waals surface area contributed by atoms with Crippen molar-refractivity contribution < 1.29 is 0 Å². The number of benzene rings is 2. The molecule has 0 spiro atoms. The molecule has 0 unspecified atom stereocenters. The lowest BCUT2D eigenvalue weighted by molar-refractivity contribution is 0.344. The molecule has 3 rings (SSSR count). The second kappa shape index (κ2) is 4.81. The first kappa shape index (κ1) is 11.3. The van der Waals surface area contributed by atoms with E-state index in [2.05, 4.69) is 72.8 Å². The van der Waals surface area contributed by atoms with E-state index < -0.39 is 0 Å². The Morgan fingerprint density at radius 2 is 1.17 bits per heavy atom. The van der Waals surface area contributed by atoms with Gasteiger partial charge in [0.2, 0.25) is 0 Å². The summed E-state index contributed by atoms with van der Waals surface area (Å²) in [5.41, 5.74) is 3.23. The molecule has 0 saturated carbocycles. The topological polar surface area (TPSA) is 0 Å². The molecule has 1 aliphatic rings. The van der Waals surface area contributed by atoms with Crippen LogP contribution in [0.25, 0.3) is 0 Å². The van der Waals surface area contributed by atoms with E-state index in [9.17, 15) is 0 Å². The third-order valence-corrected chi connectivity index (χ3v) is 3.79. The van der Waals surface area contributed by atoms with Gasteiger partial charge in [-0.3, -0.25) is 0 Å². The van der Waals surface area contributed by atoms with Gasteiger partial charge >= 0.3 is 0 Å². The van der Waals surface area contributed by atoms with Crippen LogP contribution in [-0.2, 0) is 12.8 Å². The molecular formula is C18H18. The van der Waals surface area contributed by atoms with Crippen molar-refractivity contribution in [1.29, 1.82) is 0 Å². The van der Waals surface area contributed by atoms with E-state index in [-0.39, 0.29) is 0 Å². The van der Waals surface area contributed by atoms with Crippen LogP contribution >= 0.6 is 0 Å². The van der Waals surface area contributed by atoms with Gasteiger partial charge in [0.15, 0.2) is 0 Å². The molecule has 18 heavy (non-hydrogen) atoms. The van der Waals surface area contributed by atoms with Crippen LogP contribution in [-0.4, -0.2) is 0 Å². The number of allylic oxidation sites excluding steroid dienone is 2. The predicted octanol–water partition coefficient (Wildman–Crippen LogP) is 4.42. The Morgan fingerprint density at radius 1 is 0.722 bits per heavy atom. The molecule has 0 aliphatic heterocycles. The summed E-state index contributed by atoms with van der Waals surface area (Å²) in [6.45, 7) is 0. The SMILES string of the molecule is C1=CC(Cc2ccccc2)(Cc2ccccc2)C1. The molecule has 0 saturated heterocycles. The largest absolute Gasteiger partial charge is 0.0871 e. The normalized spacial score (nSPS) is 16.2. The molecule has 0 fully saturated rings.